The average Bonchev–Trinajstić information content (AvgIpc) is 1.56. The first-order valence-corrected chi connectivity index (χ1v) is 56.3. The van der Waals surface area contributed by atoms with Gasteiger partial charge < -0.3 is 35.0 Å². The van der Waals surface area contributed by atoms with E-state index in [0.717, 1.165) is 134 Å². The zero-order chi connectivity index (χ0) is 109. The van der Waals surface area contributed by atoms with Crippen LogP contribution in [0.4, 0.5) is 18.9 Å². The third-order valence-corrected chi connectivity index (χ3v) is 33.6. The number of aromatic hydroxyl groups is 1. The molecule has 0 fully saturated rings. The number of hydrogen-bond donors (Lipinski definition) is 8. The number of aliphatic imine (C=N–C) groups is 2. The number of aliphatic carboxylic acids is 3. The number of nitrogens with zero attached hydrogens (tertiary/aromatic N) is 5. The van der Waals surface area contributed by atoms with Crippen LogP contribution in [-0.2, 0) is 72.8 Å². The molecular weight excluding hydrogens is 2310 g/mol. The molecule has 0 saturated heterocycles. The number of sulfonamides is 1. The van der Waals surface area contributed by atoms with Crippen molar-refractivity contribution in [2.75, 3.05) is 4.72 Å². The standard InChI is InChI=1S/C40H56O2.C34H34N4O4.C31H33F3N2O5S.C14H9I3O4.ClH.Fe/c1-29(17-13-19-31(3)21-23-37-33(5)25-35(41)27-39(37,7)8)15-11-12-16-30(2)18-14-20-32(4)22-24-38-34(6)26-36(42)28-40(38,9)10;1-7-21-17(3)25-13-26-19(5)23(9-11-33(39)40)31(37-26)16-32-24(10-12-34(41)42)20(6)28(38-32)15-30-22(8-2)18(4)27(36-30)14-29(21)35-25;1-3-16-30(17-15-21-9-6-5-7-10-21)19-26(37)28(29(38)41-30)25(4-2)22-11-8-12-24(18-22)36-42(39,40)27-14-13-23(20-35-27)31(32,33)34;15-9-6-8(1-2-12(9)18)21-14-10(16)3-7(4-11(14)17)5-13(19)20;;/h11-25,35-37,41-42H,26-28H2,1-10H3;7-8,13-16H,1-2,9-12H2,3-6H3,(H4,35,36,37,38,39,40,41,42);5-14,18,20,25,36-37H,3-4,15-17,19H2,1-2H3;1-4,6,18H,5H2,(H,19,20);1H;/q;;;;;+3/p-3/b12-11+,17-13+,18-14+,23-21+,24-22+,29-15+,30-16+,31-19+,32-20+;25-13?,26-13-,27-14-,28-15-,29-14?,30-15?,31-16?,32-16-;;;;/t35-,36+,37-;;25-,30-;;;/m0.1.../s1. The number of ether oxygens (including phenoxy) is 2. The first kappa shape index (κ1) is 118. The zero-order valence-electron chi connectivity index (χ0n) is 86.6. The van der Waals surface area contributed by atoms with Crippen LogP contribution in [0.1, 0.15) is 229 Å². The summed E-state index contributed by atoms with van der Waals surface area (Å²) in [5.41, 5.74) is 21.6. The van der Waals surface area contributed by atoms with Crippen molar-refractivity contribution in [2.45, 2.75) is 236 Å². The Morgan fingerprint density at radius 3 is 1.89 bits per heavy atom. The number of benzene rings is 4. The van der Waals surface area contributed by atoms with Crippen molar-refractivity contribution in [2.24, 2.45) is 26.7 Å². The molecule has 3 aromatic heterocycles. The number of nitrogens with one attached hydrogen (secondary N) is 1. The predicted molar refractivity (Wildman–Crippen MR) is 613 cm³/mol. The van der Waals surface area contributed by atoms with Crippen LogP contribution in [0.3, 0.4) is 0 Å². The third-order valence-electron chi connectivity index (χ3n) is 26.9. The quantitative estimate of drug-likeness (QED) is 0.00623. The number of esters is 1. The summed E-state index contributed by atoms with van der Waals surface area (Å²) >= 11 is 4.38. The van der Waals surface area contributed by atoms with Gasteiger partial charge in [-0.05, 0) is 242 Å². The summed E-state index contributed by atoms with van der Waals surface area (Å²) in [6.45, 7) is 41.7. The summed E-state index contributed by atoms with van der Waals surface area (Å²) in [5.74, 6) is -2.00. The van der Waals surface area contributed by atoms with E-state index in [4.69, 9.17) is 34.7 Å². The Morgan fingerprint density at radius 1 is 0.685 bits per heavy atom. The van der Waals surface area contributed by atoms with E-state index in [1.165, 1.54) is 51.1 Å². The number of carbonyl (C=O) groups excluding carboxylic acids is 1. The van der Waals surface area contributed by atoms with Gasteiger partial charge in [0.05, 0.1) is 40.5 Å². The van der Waals surface area contributed by atoms with Gasteiger partial charge in [0.15, 0.2) is 10.8 Å². The van der Waals surface area contributed by atoms with E-state index in [0.29, 0.717) is 76.6 Å². The Morgan fingerprint density at radius 2 is 1.30 bits per heavy atom. The molecule has 789 valence electrons. The Bertz CT molecular complexity index is 7230. The van der Waals surface area contributed by atoms with E-state index in [-0.39, 0.29) is 77.9 Å². The van der Waals surface area contributed by atoms with E-state index in [1.54, 1.807) is 42.5 Å². The molecule has 21 nitrogen and oxygen atoms in total. The SMILES string of the molecule is C=CC1=C(C)/C2=C/c3c(C=C)c(C)c4[n]3[Fe]([Cl])[n]3/c(c(C)c(CCC(=O)O)/c3=C/C3=NC(=C\4)/C(C)=C3CCC(=O)O)=C\C1=N2.CC1=C[C@H](O)CC(C)(C)[C@H]1/C=C/C(C)=C/C=C/C(C)=C/C=C/C=C(C)/C=C/C=C(C)/C=C/C1=C(C)C[C@@H](O)CC1(C)C.CCC[C@@]1(CCc2ccccc2)CC(O)=C([C@H](CC)c2cccc(NS(=O)(=O)c3ccc(C(F)(F)F)cn3)c2)C(=O)O1.O=C(O)Cc1cc(I)c(Oc2ccc(O)c(I)c2)c(I)c1. The molecule has 0 unspecified atom stereocenters. The molecule has 2 aliphatic carbocycles. The number of alkyl halides is 3. The first-order valence-electron chi connectivity index (χ1n) is 49.1. The number of rotatable bonds is 33. The number of carboxylic acids is 3. The molecule has 0 saturated carbocycles. The van der Waals surface area contributed by atoms with Crippen LogP contribution in [0.5, 0.6) is 17.2 Å². The molecule has 8 heterocycles. The third kappa shape index (κ3) is 30.4. The number of aromatic nitrogens is 3. The fourth-order valence-corrected chi connectivity index (χ4v) is 26.1. The second-order valence-electron chi connectivity index (χ2n) is 39.4. The summed E-state index contributed by atoms with van der Waals surface area (Å²) in [7, 11) is 3.39. The fourth-order valence-electron chi connectivity index (χ4n) is 19.4. The number of allylic oxidation sites excluding steroid dienone is 25. The maximum absolute atomic E-state index is 13.4. The molecule has 7 aliphatic rings. The minimum absolute atomic E-state index is 0.00528. The summed E-state index contributed by atoms with van der Waals surface area (Å²) in [6.07, 6.45) is 45.0. The summed E-state index contributed by atoms with van der Waals surface area (Å²) in [6, 6.07) is 26.2. The second kappa shape index (κ2) is 51.7. The van der Waals surface area contributed by atoms with Gasteiger partial charge >= 0.3 is 283 Å². The predicted octanol–water partition coefficient (Wildman–Crippen LogP) is 27.8. The monoisotopic (exact) mass is 2440 g/mol. The number of hydrogen-bond acceptors (Lipinski definition) is 15. The molecule has 0 amide bonds. The topological polar surface area (TPSA) is 322 Å². The molecule has 0 radical (unpaired) electrons. The van der Waals surface area contributed by atoms with Crippen molar-refractivity contribution < 1.29 is 99.4 Å². The van der Waals surface area contributed by atoms with Crippen LogP contribution >= 0.6 is 77.9 Å². The average molecular weight is 2450 g/mol. The largest absolute Gasteiger partial charge is 0.512 e. The number of aliphatic hydroxyl groups excluding tert-OH is 3. The maximum atomic E-state index is 13.4. The number of anilines is 1. The Hall–Kier alpha value is -11.3. The zero-order valence-corrected chi connectivity index (χ0v) is 95.8. The summed E-state index contributed by atoms with van der Waals surface area (Å²) in [4.78, 5) is 61.2. The second-order valence-corrected chi connectivity index (χ2v) is 47.1. The number of fused-ring (bicyclic) bond motifs is 2. The van der Waals surface area contributed by atoms with Gasteiger partial charge in [0, 0.05) is 30.1 Å². The van der Waals surface area contributed by atoms with Crippen molar-refractivity contribution in [3.8, 4) is 17.2 Å². The maximum Gasteiger partial charge on any atom is 0.417 e. The number of phenolic OH excluding ortho intramolecular Hbond substituents is 1. The number of halogens is 7. The van der Waals surface area contributed by atoms with Gasteiger partial charge in [-0.2, -0.15) is 21.6 Å². The Kier molecular flexibility index (Phi) is 40.9. The smallest absolute Gasteiger partial charge is 0.417 e. The number of cyclic esters (lactones) is 1. The van der Waals surface area contributed by atoms with Crippen LogP contribution in [0.25, 0.3) is 30.4 Å². The molecule has 8 N–H and O–H groups in total. The molecule has 30 heteroatoms. The number of pyridine rings is 1. The Labute approximate surface area is 921 Å². The number of carbonyl (C=O) groups is 4. The molecular formula is C119H130ClF3FeI3N6O15S. The van der Waals surface area contributed by atoms with Gasteiger partial charge in [-0.3, -0.25) is 9.52 Å². The molecule has 4 aromatic carbocycles. The van der Waals surface area contributed by atoms with E-state index < -0.39 is 75.6 Å². The number of phenols is 1. The van der Waals surface area contributed by atoms with Crippen LogP contribution in [0.15, 0.2) is 313 Å². The molecule has 6 bridgehead atoms. The van der Waals surface area contributed by atoms with Gasteiger partial charge in [-0.15, -0.1) is 0 Å². The van der Waals surface area contributed by atoms with Crippen molar-refractivity contribution >= 4 is 159 Å². The molecule has 14 rings (SSSR count). The van der Waals surface area contributed by atoms with Crippen LogP contribution in [-0.4, -0.2) is 109 Å². The molecule has 5 aliphatic heterocycles. The molecule has 5 atom stereocenters. The van der Waals surface area contributed by atoms with E-state index in [9.17, 15) is 71.4 Å². The first-order chi connectivity index (χ1) is 70.3. The van der Waals surface area contributed by atoms with Crippen molar-refractivity contribution in [3.63, 3.8) is 0 Å². The summed E-state index contributed by atoms with van der Waals surface area (Å²) in [5, 5.41) is 70.0. The number of aliphatic hydroxyl groups is 3. The summed E-state index contributed by atoms with van der Waals surface area (Å²) < 4.78 is 85.1. The van der Waals surface area contributed by atoms with Gasteiger partial charge in [0.2, 0.25) is 0 Å². The molecule has 7 aromatic rings. The fraction of sp³-hybridized carbons (Fsp3) is 0.319. The minimum Gasteiger partial charge on any atom is -0.512 e. The van der Waals surface area contributed by atoms with Gasteiger partial charge in [0.25, 0.3) is 10.0 Å². The number of aryl methyl sites for hydroxylation is 1. The number of carboxylic acid groups (broad SMARTS) is 3. The van der Waals surface area contributed by atoms with E-state index in [2.05, 4.69) is 236 Å². The van der Waals surface area contributed by atoms with Gasteiger partial charge in [0.1, 0.15) is 22.9 Å². The van der Waals surface area contributed by atoms with Crippen LogP contribution < -0.4 is 20.2 Å². The van der Waals surface area contributed by atoms with Crippen LogP contribution in [0.2, 0.25) is 0 Å². The molecule has 149 heavy (non-hydrogen) atoms. The van der Waals surface area contributed by atoms with Gasteiger partial charge in [-0.25, -0.2) is 9.78 Å². The van der Waals surface area contributed by atoms with Crippen LogP contribution in [0, 0.1) is 41.3 Å². The van der Waals surface area contributed by atoms with Crippen molar-refractivity contribution in [3.05, 3.63) is 375 Å². The van der Waals surface area contributed by atoms with E-state index >= 15 is 0 Å². The molecule has 0 spiro atoms. The van der Waals surface area contributed by atoms with Gasteiger partial charge in [-0.1, -0.05) is 215 Å². The Balaban J connectivity index is 0.000000194. The minimum atomic E-state index is -4.65. The normalized spacial score (nSPS) is 20.4. The van der Waals surface area contributed by atoms with Crippen molar-refractivity contribution in [1.29, 1.82) is 0 Å². The van der Waals surface area contributed by atoms with Crippen molar-refractivity contribution in [1.82, 2.24) is 12.2 Å². The van der Waals surface area contributed by atoms with E-state index in [1.807, 2.05) is 131 Å².